The number of hydrazone groups is 1. The van der Waals surface area contributed by atoms with E-state index in [1.165, 1.54) is 24.3 Å². The van der Waals surface area contributed by atoms with Crippen molar-refractivity contribution in [1.82, 2.24) is 4.57 Å². The number of carbonyl (C=O) groups excluding carboxylic acids is 2. The predicted octanol–water partition coefficient (Wildman–Crippen LogP) is 3.92. The number of carboxylic acids is 1. The van der Waals surface area contributed by atoms with E-state index in [2.05, 4.69) is 5.10 Å². The number of aromatic nitrogens is 1. The van der Waals surface area contributed by atoms with Crippen molar-refractivity contribution in [1.29, 1.82) is 0 Å². The molecule has 0 fully saturated rings. The van der Waals surface area contributed by atoms with Gasteiger partial charge in [0, 0.05) is 28.2 Å². The largest absolute Gasteiger partial charge is 0.478 e. The van der Waals surface area contributed by atoms with Crippen LogP contribution in [-0.4, -0.2) is 33.2 Å². The zero-order valence-corrected chi connectivity index (χ0v) is 18.5. The van der Waals surface area contributed by atoms with Gasteiger partial charge in [0.05, 0.1) is 23.4 Å². The Morgan fingerprint density at radius 3 is 2.31 bits per heavy atom. The van der Waals surface area contributed by atoms with Crippen LogP contribution in [0, 0.1) is 0 Å². The first kappa shape index (κ1) is 21.8. The lowest BCUT2D eigenvalue weighted by molar-refractivity contribution is -0.114. The lowest BCUT2D eigenvalue weighted by atomic mass is 10.1. The molecular weight excluding hydrogens is 444 g/mol. The summed E-state index contributed by atoms with van der Waals surface area (Å²) in [6.45, 7) is 0.146. The summed E-state index contributed by atoms with van der Waals surface area (Å²) in [7, 11) is 0. The number of aromatic carboxylic acids is 1. The predicted molar refractivity (Wildman–Crippen MR) is 133 cm³/mol. The summed E-state index contributed by atoms with van der Waals surface area (Å²) in [6.07, 6.45) is 3.49. The van der Waals surface area contributed by atoms with Gasteiger partial charge in [-0.3, -0.25) is 9.59 Å². The smallest absolute Gasteiger partial charge is 0.335 e. The van der Waals surface area contributed by atoms with Crippen molar-refractivity contribution in [2.75, 3.05) is 5.01 Å². The van der Waals surface area contributed by atoms with E-state index < -0.39 is 11.9 Å². The number of rotatable bonds is 6. The van der Waals surface area contributed by atoms with Crippen LogP contribution >= 0.6 is 0 Å². The molecule has 0 aliphatic carbocycles. The Kier molecular flexibility index (Phi) is 5.46. The Morgan fingerprint density at radius 1 is 0.914 bits per heavy atom. The number of amidine groups is 1. The van der Waals surface area contributed by atoms with E-state index in [-0.39, 0.29) is 29.3 Å². The van der Waals surface area contributed by atoms with Gasteiger partial charge in [0.2, 0.25) is 0 Å². The van der Waals surface area contributed by atoms with Crippen molar-refractivity contribution in [3.8, 4) is 0 Å². The molecule has 3 N–H and O–H groups in total. The van der Waals surface area contributed by atoms with Crippen molar-refractivity contribution in [2.45, 2.75) is 6.54 Å². The van der Waals surface area contributed by atoms with Crippen LogP contribution in [-0.2, 0) is 11.3 Å². The number of benzene rings is 3. The molecular formula is C27H20N4O4. The second kappa shape index (κ2) is 8.75. The molecule has 0 radical (unpaired) electrons. The minimum Gasteiger partial charge on any atom is -0.478 e. The SMILES string of the molecule is NC1=NN(c2ccc(C(=O)O)cc2)C(=O)C1=Cc1cn(CC(=O)c2ccccc2)c2ccccc12. The zero-order valence-electron chi connectivity index (χ0n) is 18.5. The highest BCUT2D eigenvalue weighted by Crippen LogP contribution is 2.28. The Morgan fingerprint density at radius 2 is 1.60 bits per heavy atom. The average molecular weight is 464 g/mol. The van der Waals surface area contributed by atoms with Crippen molar-refractivity contribution < 1.29 is 19.5 Å². The number of hydrogen-bond acceptors (Lipinski definition) is 5. The van der Waals surface area contributed by atoms with Gasteiger partial charge in [-0.25, -0.2) is 4.79 Å². The summed E-state index contributed by atoms with van der Waals surface area (Å²) >= 11 is 0. The van der Waals surface area contributed by atoms with Crippen LogP contribution in [0.2, 0.25) is 0 Å². The number of hydrogen-bond donors (Lipinski definition) is 2. The van der Waals surface area contributed by atoms with Crippen molar-refractivity contribution >= 4 is 46.2 Å². The fourth-order valence-electron chi connectivity index (χ4n) is 4.03. The topological polar surface area (TPSA) is 118 Å². The third-order valence-electron chi connectivity index (χ3n) is 5.79. The van der Waals surface area contributed by atoms with E-state index in [9.17, 15) is 14.4 Å². The number of para-hydroxylation sites is 1. The maximum absolute atomic E-state index is 13.1. The molecule has 0 atom stereocenters. The van der Waals surface area contributed by atoms with Gasteiger partial charge in [-0.05, 0) is 36.4 Å². The maximum Gasteiger partial charge on any atom is 0.335 e. The molecule has 1 aliphatic rings. The van der Waals surface area contributed by atoms with Crippen LogP contribution in [0.5, 0.6) is 0 Å². The molecule has 3 aromatic carbocycles. The van der Waals surface area contributed by atoms with Gasteiger partial charge in [-0.2, -0.15) is 5.01 Å². The van der Waals surface area contributed by atoms with Gasteiger partial charge >= 0.3 is 5.97 Å². The summed E-state index contributed by atoms with van der Waals surface area (Å²) < 4.78 is 1.85. The molecule has 4 aromatic rings. The first-order chi connectivity index (χ1) is 16.9. The number of amides is 1. The first-order valence-electron chi connectivity index (χ1n) is 10.8. The number of nitrogens with zero attached hydrogens (tertiary/aromatic N) is 3. The molecule has 1 aromatic heterocycles. The Bertz CT molecular complexity index is 1530. The number of Topliss-reactive ketones (excluding diaryl/α,β-unsaturated/α-hetero) is 1. The molecule has 0 bridgehead atoms. The monoisotopic (exact) mass is 464 g/mol. The third kappa shape index (κ3) is 4.08. The lowest BCUT2D eigenvalue weighted by Gasteiger charge is -2.11. The number of anilines is 1. The van der Waals surface area contributed by atoms with Gasteiger partial charge in [0.15, 0.2) is 11.6 Å². The third-order valence-corrected chi connectivity index (χ3v) is 5.79. The van der Waals surface area contributed by atoms with Gasteiger partial charge in [0.1, 0.15) is 0 Å². The van der Waals surface area contributed by atoms with Crippen LogP contribution in [0.15, 0.2) is 95.7 Å². The highest BCUT2D eigenvalue weighted by atomic mass is 16.4. The van der Waals surface area contributed by atoms with E-state index in [0.717, 1.165) is 21.5 Å². The summed E-state index contributed by atoms with van der Waals surface area (Å²) in [6, 6.07) is 22.5. The second-order valence-electron chi connectivity index (χ2n) is 8.03. The normalized spacial score (nSPS) is 14.5. The van der Waals surface area contributed by atoms with Gasteiger partial charge < -0.3 is 15.4 Å². The minimum atomic E-state index is -1.06. The van der Waals surface area contributed by atoms with Gasteiger partial charge in [-0.1, -0.05) is 48.5 Å². The fourth-order valence-corrected chi connectivity index (χ4v) is 4.03. The Hall–Kier alpha value is -4.98. The standard InChI is InChI=1S/C27H20N4O4/c28-25-22(26(33)31(29-25)20-12-10-18(11-13-20)27(34)35)14-19-15-30(23-9-5-4-8-21(19)23)16-24(32)17-6-2-1-3-7-17/h1-15H,16H2,(H2,28,29)(H,34,35). The van der Waals surface area contributed by atoms with E-state index in [1.807, 2.05) is 53.2 Å². The molecule has 1 aliphatic heterocycles. The second-order valence-corrected chi connectivity index (χ2v) is 8.03. The molecule has 0 saturated heterocycles. The maximum atomic E-state index is 13.1. The summed E-state index contributed by atoms with van der Waals surface area (Å²) in [5.74, 6) is -1.47. The van der Waals surface area contributed by atoms with Crippen LogP contribution in [0.1, 0.15) is 26.3 Å². The van der Waals surface area contributed by atoms with Crippen molar-refractivity contribution in [2.24, 2.45) is 10.8 Å². The summed E-state index contributed by atoms with van der Waals surface area (Å²) in [5, 5.41) is 15.3. The van der Waals surface area contributed by atoms with E-state index in [1.54, 1.807) is 18.2 Å². The molecule has 0 spiro atoms. The lowest BCUT2D eigenvalue weighted by Crippen LogP contribution is -2.22. The molecule has 8 nitrogen and oxygen atoms in total. The van der Waals surface area contributed by atoms with Crippen molar-refractivity contribution in [3.63, 3.8) is 0 Å². The summed E-state index contributed by atoms with van der Waals surface area (Å²) in [5.41, 5.74) is 9.02. The minimum absolute atomic E-state index is 0.0282. The number of carbonyl (C=O) groups is 3. The van der Waals surface area contributed by atoms with Gasteiger partial charge in [0.25, 0.3) is 5.91 Å². The Labute approximate surface area is 200 Å². The van der Waals surface area contributed by atoms with Crippen LogP contribution in [0.25, 0.3) is 17.0 Å². The number of carboxylic acid groups (broad SMARTS) is 1. The molecule has 172 valence electrons. The highest BCUT2D eigenvalue weighted by molar-refractivity contribution is 6.32. The van der Waals surface area contributed by atoms with E-state index in [0.29, 0.717) is 11.3 Å². The first-order valence-corrected chi connectivity index (χ1v) is 10.8. The highest BCUT2D eigenvalue weighted by Gasteiger charge is 2.30. The molecule has 2 heterocycles. The molecule has 35 heavy (non-hydrogen) atoms. The molecule has 1 amide bonds. The van der Waals surface area contributed by atoms with E-state index >= 15 is 0 Å². The molecule has 0 saturated carbocycles. The quantitative estimate of drug-likeness (QED) is 0.331. The number of nitrogens with two attached hydrogens (primary N) is 1. The van der Waals surface area contributed by atoms with Crippen LogP contribution in [0.4, 0.5) is 5.69 Å². The van der Waals surface area contributed by atoms with E-state index in [4.69, 9.17) is 10.8 Å². The molecule has 8 heteroatoms. The molecule has 0 unspecified atom stereocenters. The van der Waals surface area contributed by atoms with Crippen molar-refractivity contribution in [3.05, 3.63) is 107 Å². The van der Waals surface area contributed by atoms with Crippen LogP contribution in [0.3, 0.4) is 0 Å². The number of ketones is 1. The molecule has 5 rings (SSSR count). The van der Waals surface area contributed by atoms with Gasteiger partial charge in [-0.15, -0.1) is 5.10 Å². The average Bonchev–Trinajstić information content (AvgIpc) is 3.36. The van der Waals surface area contributed by atoms with Crippen LogP contribution < -0.4 is 10.7 Å². The Balaban J connectivity index is 1.48. The fraction of sp³-hybridized carbons (Fsp3) is 0.0370. The zero-order chi connectivity index (χ0) is 24.5. The number of fused-ring (bicyclic) bond motifs is 1. The summed E-state index contributed by atoms with van der Waals surface area (Å²) in [4.78, 5) is 37.0.